The van der Waals surface area contributed by atoms with E-state index in [1.807, 2.05) is 11.8 Å². The number of unbranched alkanes of at least 4 members (excludes halogenated alkanes) is 3. The second kappa shape index (κ2) is 28.4. The molecular weight excluding hydrogens is 835 g/mol. The molecule has 2 saturated heterocycles. The van der Waals surface area contributed by atoms with Crippen LogP contribution in [0.4, 0.5) is 4.79 Å². The number of hydroxylamine groups is 1. The van der Waals surface area contributed by atoms with Crippen molar-refractivity contribution in [3.05, 3.63) is 0 Å². The second-order valence-corrected chi connectivity index (χ2v) is 17.1. The molecule has 2 aliphatic heterocycles. The van der Waals surface area contributed by atoms with Crippen LogP contribution in [0.3, 0.4) is 0 Å². The van der Waals surface area contributed by atoms with Gasteiger partial charge in [0.1, 0.15) is 18.1 Å². The summed E-state index contributed by atoms with van der Waals surface area (Å²) in [7, 11) is 0. The molecule has 2 heterocycles. The number of aliphatic carboxylic acids is 1. The molecule has 0 bridgehead atoms. The van der Waals surface area contributed by atoms with Gasteiger partial charge in [0.2, 0.25) is 47.3 Å². The van der Waals surface area contributed by atoms with Gasteiger partial charge in [-0.2, -0.15) is 11.8 Å². The molecule has 0 aromatic carbocycles. The normalized spacial score (nSPS) is 18.4. The second-order valence-electron chi connectivity index (χ2n) is 15.8. The Labute approximate surface area is 364 Å². The van der Waals surface area contributed by atoms with Crippen molar-refractivity contribution in [2.75, 3.05) is 31.9 Å². The minimum absolute atomic E-state index is 0.0303. The molecule has 0 spiro atoms. The Hall–Kier alpha value is -5.23. The predicted octanol–water partition coefficient (Wildman–Crippen LogP) is -2.67. The van der Waals surface area contributed by atoms with E-state index < -0.39 is 97.3 Å². The summed E-state index contributed by atoms with van der Waals surface area (Å²) in [5.74, 6) is -7.58. The van der Waals surface area contributed by atoms with E-state index in [4.69, 9.17) is 16.7 Å². The lowest BCUT2D eigenvalue weighted by atomic mass is 9.92. The molecule has 62 heavy (non-hydrogen) atoms. The van der Waals surface area contributed by atoms with Crippen LogP contribution < -0.4 is 59.5 Å². The first-order chi connectivity index (χ1) is 29.4. The highest BCUT2D eigenvalue weighted by molar-refractivity contribution is 8.00. The topological polar surface area (TPSA) is 371 Å². The van der Waals surface area contributed by atoms with Crippen molar-refractivity contribution in [1.29, 1.82) is 0 Å². The Bertz CT molecular complexity index is 1570. The van der Waals surface area contributed by atoms with Gasteiger partial charge in [-0.05, 0) is 70.3 Å². The Kier molecular flexibility index (Phi) is 24.2. The van der Waals surface area contributed by atoms with Crippen molar-refractivity contribution < 1.29 is 58.3 Å². The van der Waals surface area contributed by atoms with E-state index in [2.05, 4.69) is 42.5 Å². The monoisotopic (exact) mass is 899 g/mol. The van der Waals surface area contributed by atoms with Crippen molar-refractivity contribution in [1.82, 2.24) is 48.0 Å². The van der Waals surface area contributed by atoms with Gasteiger partial charge in [0.15, 0.2) is 0 Å². The minimum atomic E-state index is -1.65. The number of carboxylic acid groups (broad SMARTS) is 1. The summed E-state index contributed by atoms with van der Waals surface area (Å²) in [5.41, 5.74) is 12.5. The van der Waals surface area contributed by atoms with Gasteiger partial charge in [0, 0.05) is 36.3 Å². The molecule has 0 aliphatic carbocycles. The lowest BCUT2D eigenvalue weighted by Crippen LogP contribution is -2.56. The zero-order valence-electron chi connectivity index (χ0n) is 35.4. The van der Waals surface area contributed by atoms with E-state index >= 15 is 0 Å². The summed E-state index contributed by atoms with van der Waals surface area (Å²) in [5, 5.41) is 39.3. The van der Waals surface area contributed by atoms with Crippen molar-refractivity contribution in [2.45, 2.75) is 133 Å². The summed E-state index contributed by atoms with van der Waals surface area (Å²) < 4.78 is 0. The molecule has 350 valence electrons. The molecule has 2 aliphatic rings. The van der Waals surface area contributed by atoms with E-state index in [0.29, 0.717) is 50.3 Å². The van der Waals surface area contributed by atoms with Crippen LogP contribution in [0.2, 0.25) is 0 Å². The SMILES string of the molecule is CC(C)CC(CC(=O)NO)C(=O)N[C@@H](CC(=O)O)C(=O)N[C@@H](CCCCN)C(=O)NCC(=O)NCC(=O)N[C@@H](CCCCNC(=O)CCCC[C@@H]1SC[C@@H]2NC(=O)N[C@@H]21)C(N)=O. The third-order valence-electron chi connectivity index (χ3n) is 10.1. The first-order valence-corrected chi connectivity index (χ1v) is 22.0. The summed E-state index contributed by atoms with van der Waals surface area (Å²) in [6.07, 6.45) is 3.70. The van der Waals surface area contributed by atoms with Gasteiger partial charge in [-0.1, -0.05) is 20.3 Å². The number of thioether (sulfide) groups is 1. The van der Waals surface area contributed by atoms with Crippen molar-refractivity contribution >= 4 is 71.0 Å². The fourth-order valence-electron chi connectivity index (χ4n) is 6.96. The third-order valence-corrected chi connectivity index (χ3v) is 11.7. The van der Waals surface area contributed by atoms with E-state index in [-0.39, 0.29) is 55.7 Å². The fourth-order valence-corrected chi connectivity index (χ4v) is 8.50. The smallest absolute Gasteiger partial charge is 0.315 e. The predicted molar refractivity (Wildman–Crippen MR) is 224 cm³/mol. The third kappa shape index (κ3) is 20.6. The molecule has 7 atom stereocenters. The van der Waals surface area contributed by atoms with Crippen molar-refractivity contribution in [3.8, 4) is 0 Å². The van der Waals surface area contributed by atoms with Crippen molar-refractivity contribution in [3.63, 3.8) is 0 Å². The first kappa shape index (κ1) is 52.9. The van der Waals surface area contributed by atoms with Crippen LogP contribution in [-0.2, 0) is 43.2 Å². The molecule has 0 aromatic rings. The number of carboxylic acids is 1. The molecule has 1 unspecified atom stereocenters. The number of urea groups is 1. The van der Waals surface area contributed by atoms with Crippen LogP contribution in [0.25, 0.3) is 0 Å². The van der Waals surface area contributed by atoms with Gasteiger partial charge in [0.05, 0.1) is 31.6 Å². The van der Waals surface area contributed by atoms with Crippen LogP contribution in [0.15, 0.2) is 0 Å². The van der Waals surface area contributed by atoms with Crippen LogP contribution >= 0.6 is 11.8 Å². The van der Waals surface area contributed by atoms with E-state index in [0.717, 1.165) is 18.6 Å². The molecule has 15 N–H and O–H groups in total. The van der Waals surface area contributed by atoms with Crippen LogP contribution in [0, 0.1) is 11.8 Å². The van der Waals surface area contributed by atoms with Gasteiger partial charge < -0.3 is 59.1 Å². The quantitative estimate of drug-likeness (QED) is 0.0146. The van der Waals surface area contributed by atoms with Crippen LogP contribution in [0.1, 0.15) is 97.3 Å². The molecule has 0 aromatic heterocycles. The standard InChI is InChI=1S/C38H65N11O12S/c1-21(2)15-22(16-29(51)49-61)35(57)46-25(17-32(54)55)37(59)45-24(10-5-7-13-39)36(58)43-18-30(52)42-19-31(53)44-23(34(40)56)9-6-8-14-41-28(50)12-4-3-11-27-33-26(20-62-27)47-38(60)48-33/h21-27,33,61H,3-20,39H2,1-2H3,(H2,40,56)(H,41,50)(H,42,52)(H,43,58)(H,44,53)(H,45,59)(H,46,57)(H,49,51)(H,54,55)(H2,47,48,60)/t22?,23-,24-,25-,26-,27-,33-/m0/s1. The highest BCUT2D eigenvalue weighted by Gasteiger charge is 2.42. The maximum absolute atomic E-state index is 13.3. The molecule has 24 heteroatoms. The zero-order chi connectivity index (χ0) is 46.2. The zero-order valence-corrected chi connectivity index (χ0v) is 36.2. The number of carbonyl (C=O) groups excluding carboxylic acids is 9. The maximum atomic E-state index is 13.3. The van der Waals surface area contributed by atoms with Crippen LogP contribution in [-0.4, -0.2) is 137 Å². The molecule has 10 amide bonds. The Balaban J connectivity index is 1.77. The van der Waals surface area contributed by atoms with Gasteiger partial charge in [-0.3, -0.25) is 48.4 Å². The average Bonchev–Trinajstić information content (AvgIpc) is 3.77. The fraction of sp³-hybridized carbons (Fsp3) is 0.737. The summed E-state index contributed by atoms with van der Waals surface area (Å²) in [6.45, 7) is 2.99. The van der Waals surface area contributed by atoms with Gasteiger partial charge >= 0.3 is 12.0 Å². The molecule has 2 rings (SSSR count). The van der Waals surface area contributed by atoms with Gasteiger partial charge in [-0.15, -0.1) is 0 Å². The summed E-state index contributed by atoms with van der Waals surface area (Å²) in [4.78, 5) is 124. The van der Waals surface area contributed by atoms with Crippen LogP contribution in [0.5, 0.6) is 0 Å². The van der Waals surface area contributed by atoms with Gasteiger partial charge in [-0.25, -0.2) is 10.3 Å². The summed E-state index contributed by atoms with van der Waals surface area (Å²) >= 11 is 1.83. The lowest BCUT2D eigenvalue weighted by Gasteiger charge is -2.24. The molecular formula is C38H65N11O12S. The van der Waals surface area contributed by atoms with Crippen molar-refractivity contribution in [2.24, 2.45) is 23.3 Å². The molecule has 2 fully saturated rings. The summed E-state index contributed by atoms with van der Waals surface area (Å²) in [6, 6.07) is -3.82. The highest BCUT2D eigenvalue weighted by Crippen LogP contribution is 2.33. The number of hydrogen-bond donors (Lipinski definition) is 13. The number of carbonyl (C=O) groups is 10. The number of hydrogen-bond acceptors (Lipinski definition) is 13. The molecule has 0 radical (unpaired) electrons. The van der Waals surface area contributed by atoms with E-state index in [1.54, 1.807) is 13.8 Å². The Morgan fingerprint density at radius 1 is 0.742 bits per heavy atom. The number of rotatable bonds is 31. The average molecular weight is 900 g/mol. The number of amides is 10. The maximum Gasteiger partial charge on any atom is 0.315 e. The molecule has 23 nitrogen and oxygen atoms in total. The van der Waals surface area contributed by atoms with Gasteiger partial charge in [0.25, 0.3) is 0 Å². The number of fused-ring (bicyclic) bond motifs is 1. The number of nitrogens with one attached hydrogen (secondary N) is 9. The van der Waals surface area contributed by atoms with E-state index in [1.165, 1.54) is 5.48 Å². The number of nitrogens with two attached hydrogens (primary N) is 2. The first-order valence-electron chi connectivity index (χ1n) is 21.0. The Morgan fingerprint density at radius 3 is 2.08 bits per heavy atom. The lowest BCUT2D eigenvalue weighted by molar-refractivity contribution is -0.142. The van der Waals surface area contributed by atoms with E-state index in [9.17, 15) is 53.1 Å². The minimum Gasteiger partial charge on any atom is -0.481 e. The highest BCUT2D eigenvalue weighted by atomic mass is 32.2. The Morgan fingerprint density at radius 2 is 1.42 bits per heavy atom. The molecule has 0 saturated carbocycles. The largest absolute Gasteiger partial charge is 0.481 e. The number of primary amides is 1.